The van der Waals surface area contributed by atoms with Crippen LogP contribution in [0.2, 0.25) is 5.02 Å². The number of carbonyl (C=O) groups is 2. The van der Waals surface area contributed by atoms with Gasteiger partial charge in [-0.25, -0.2) is 0 Å². The van der Waals surface area contributed by atoms with Gasteiger partial charge < -0.3 is 4.90 Å². The second-order valence-electron chi connectivity index (χ2n) is 6.28. The Kier molecular flexibility index (Phi) is 5.00. The molecule has 0 aromatic heterocycles. The Morgan fingerprint density at radius 3 is 2.50 bits per heavy atom. The predicted octanol–water partition coefficient (Wildman–Crippen LogP) is 4.38. The number of Topliss-reactive ketones (excluding diaryl/α,β-unsaturated/α-hetero) is 1. The second kappa shape index (κ2) is 7.18. The van der Waals surface area contributed by atoms with E-state index in [2.05, 4.69) is 0 Å². The molecule has 2 aromatic carbocycles. The molecule has 1 aliphatic heterocycles. The van der Waals surface area contributed by atoms with E-state index in [0.29, 0.717) is 23.7 Å². The van der Waals surface area contributed by atoms with Gasteiger partial charge >= 0.3 is 0 Å². The van der Waals surface area contributed by atoms with E-state index in [0.717, 1.165) is 24.0 Å². The van der Waals surface area contributed by atoms with Crippen LogP contribution in [0.15, 0.2) is 48.5 Å². The summed E-state index contributed by atoms with van der Waals surface area (Å²) >= 11 is 5.89. The molecule has 24 heavy (non-hydrogen) atoms. The van der Waals surface area contributed by atoms with Crippen molar-refractivity contribution in [2.75, 3.05) is 13.1 Å². The molecular weight excluding hydrogens is 322 g/mol. The van der Waals surface area contributed by atoms with Gasteiger partial charge in [0, 0.05) is 35.2 Å². The van der Waals surface area contributed by atoms with E-state index in [1.165, 1.54) is 0 Å². The number of hydrogen-bond donors (Lipinski definition) is 0. The van der Waals surface area contributed by atoms with Crippen LogP contribution in [0.5, 0.6) is 0 Å². The fraction of sp³-hybridized carbons (Fsp3) is 0.300. The van der Waals surface area contributed by atoms with E-state index in [9.17, 15) is 9.59 Å². The van der Waals surface area contributed by atoms with Gasteiger partial charge in [0.25, 0.3) is 5.91 Å². The normalized spacial score (nSPS) is 17.6. The molecule has 0 aliphatic carbocycles. The van der Waals surface area contributed by atoms with Gasteiger partial charge in [-0.05, 0) is 55.7 Å². The molecule has 1 aliphatic rings. The van der Waals surface area contributed by atoms with Crippen molar-refractivity contribution in [1.29, 1.82) is 0 Å². The van der Waals surface area contributed by atoms with Gasteiger partial charge in [0.15, 0.2) is 5.78 Å². The summed E-state index contributed by atoms with van der Waals surface area (Å²) < 4.78 is 0. The Bertz CT molecular complexity index is 754. The summed E-state index contributed by atoms with van der Waals surface area (Å²) in [6.07, 6.45) is 1.67. The number of piperidine rings is 1. The molecule has 1 heterocycles. The summed E-state index contributed by atoms with van der Waals surface area (Å²) in [5.41, 5.74) is 2.35. The fourth-order valence-electron chi connectivity index (χ4n) is 3.21. The van der Waals surface area contributed by atoms with Crippen LogP contribution in [-0.2, 0) is 0 Å². The highest BCUT2D eigenvalue weighted by atomic mass is 35.5. The van der Waals surface area contributed by atoms with Crippen LogP contribution in [0.4, 0.5) is 0 Å². The molecule has 0 N–H and O–H groups in total. The molecule has 2 aromatic rings. The van der Waals surface area contributed by atoms with Gasteiger partial charge in [-0.15, -0.1) is 0 Å². The zero-order valence-corrected chi connectivity index (χ0v) is 14.4. The van der Waals surface area contributed by atoms with Gasteiger partial charge in [-0.1, -0.05) is 29.8 Å². The first kappa shape index (κ1) is 16.7. The minimum atomic E-state index is -0.145. The first-order valence-electron chi connectivity index (χ1n) is 8.21. The lowest BCUT2D eigenvalue weighted by Gasteiger charge is -2.32. The van der Waals surface area contributed by atoms with Crippen LogP contribution in [0.25, 0.3) is 0 Å². The molecule has 124 valence electrons. The lowest BCUT2D eigenvalue weighted by molar-refractivity contribution is 0.0636. The summed E-state index contributed by atoms with van der Waals surface area (Å²) in [6.45, 7) is 3.12. The van der Waals surface area contributed by atoms with Gasteiger partial charge in [0.05, 0.1) is 0 Å². The van der Waals surface area contributed by atoms with Crippen molar-refractivity contribution in [3.8, 4) is 0 Å². The minimum Gasteiger partial charge on any atom is -0.338 e. The quantitative estimate of drug-likeness (QED) is 0.777. The first-order chi connectivity index (χ1) is 11.6. The highest BCUT2D eigenvalue weighted by Crippen LogP contribution is 2.24. The monoisotopic (exact) mass is 341 g/mol. The third-order valence-corrected chi connectivity index (χ3v) is 4.84. The number of benzene rings is 2. The summed E-state index contributed by atoms with van der Waals surface area (Å²) in [7, 11) is 0. The highest BCUT2D eigenvalue weighted by molar-refractivity contribution is 6.30. The number of nitrogens with zero attached hydrogens (tertiary/aromatic N) is 1. The van der Waals surface area contributed by atoms with Crippen molar-refractivity contribution in [3.05, 3.63) is 70.2 Å². The Balaban J connectivity index is 1.74. The fourth-order valence-corrected chi connectivity index (χ4v) is 3.33. The predicted molar refractivity (Wildman–Crippen MR) is 95.6 cm³/mol. The molecule has 1 fully saturated rings. The highest BCUT2D eigenvalue weighted by Gasteiger charge is 2.29. The van der Waals surface area contributed by atoms with E-state index in [1.54, 1.807) is 24.3 Å². The number of ketones is 1. The molecule has 1 atom stereocenters. The molecule has 3 rings (SSSR count). The maximum absolute atomic E-state index is 12.8. The standard InChI is InChI=1S/C20H20ClNO2/c1-14-5-2-3-7-18(14)20(24)22-12-4-6-16(13-22)19(23)15-8-10-17(21)11-9-15/h2-3,5,7-11,16H,4,6,12-13H2,1H3. The van der Waals surface area contributed by atoms with Crippen LogP contribution < -0.4 is 0 Å². The molecule has 3 nitrogen and oxygen atoms in total. The lowest BCUT2D eigenvalue weighted by atomic mass is 9.89. The maximum atomic E-state index is 12.8. The van der Waals surface area contributed by atoms with E-state index in [-0.39, 0.29) is 17.6 Å². The number of likely N-dealkylation sites (tertiary alicyclic amines) is 1. The van der Waals surface area contributed by atoms with Gasteiger partial charge in [0.2, 0.25) is 0 Å². The summed E-state index contributed by atoms with van der Waals surface area (Å²) in [6, 6.07) is 14.6. The number of hydrogen-bond acceptors (Lipinski definition) is 2. The molecule has 0 saturated carbocycles. The van der Waals surface area contributed by atoms with Crippen LogP contribution >= 0.6 is 11.6 Å². The Morgan fingerprint density at radius 2 is 1.79 bits per heavy atom. The van der Waals surface area contributed by atoms with E-state index < -0.39 is 0 Å². The second-order valence-corrected chi connectivity index (χ2v) is 6.71. The molecule has 0 bridgehead atoms. The minimum absolute atomic E-state index is 0.0155. The molecule has 1 unspecified atom stereocenters. The van der Waals surface area contributed by atoms with Crippen molar-refractivity contribution in [1.82, 2.24) is 4.90 Å². The van der Waals surface area contributed by atoms with Crippen molar-refractivity contribution < 1.29 is 9.59 Å². The van der Waals surface area contributed by atoms with Crippen LogP contribution in [0.1, 0.15) is 39.1 Å². The largest absolute Gasteiger partial charge is 0.338 e. The van der Waals surface area contributed by atoms with Crippen LogP contribution in [0, 0.1) is 12.8 Å². The van der Waals surface area contributed by atoms with Crippen molar-refractivity contribution in [2.45, 2.75) is 19.8 Å². The summed E-state index contributed by atoms with van der Waals surface area (Å²) in [5.74, 6) is -0.0384. The van der Waals surface area contributed by atoms with Crippen molar-refractivity contribution >= 4 is 23.3 Å². The van der Waals surface area contributed by atoms with Crippen molar-refractivity contribution in [2.24, 2.45) is 5.92 Å². The third-order valence-electron chi connectivity index (χ3n) is 4.58. The molecule has 0 radical (unpaired) electrons. The number of amides is 1. The van der Waals surface area contributed by atoms with E-state index in [1.807, 2.05) is 36.1 Å². The number of halogens is 1. The molecule has 0 spiro atoms. The lowest BCUT2D eigenvalue weighted by Crippen LogP contribution is -2.42. The first-order valence-corrected chi connectivity index (χ1v) is 8.59. The zero-order valence-electron chi connectivity index (χ0n) is 13.7. The number of carbonyl (C=O) groups excluding carboxylic acids is 2. The van der Waals surface area contributed by atoms with E-state index >= 15 is 0 Å². The average molecular weight is 342 g/mol. The maximum Gasteiger partial charge on any atom is 0.254 e. The average Bonchev–Trinajstić information content (AvgIpc) is 2.62. The van der Waals surface area contributed by atoms with Crippen molar-refractivity contribution in [3.63, 3.8) is 0 Å². The van der Waals surface area contributed by atoms with Gasteiger partial charge in [-0.3, -0.25) is 9.59 Å². The third kappa shape index (κ3) is 3.51. The molecule has 1 amide bonds. The Hall–Kier alpha value is -2.13. The summed E-state index contributed by atoms with van der Waals surface area (Å²) in [4.78, 5) is 27.3. The summed E-state index contributed by atoms with van der Waals surface area (Å²) in [5, 5.41) is 0.617. The topological polar surface area (TPSA) is 37.4 Å². The number of rotatable bonds is 3. The van der Waals surface area contributed by atoms with E-state index in [4.69, 9.17) is 11.6 Å². The molecular formula is C20H20ClNO2. The smallest absolute Gasteiger partial charge is 0.254 e. The molecule has 1 saturated heterocycles. The molecule has 4 heteroatoms. The zero-order chi connectivity index (χ0) is 17.1. The Morgan fingerprint density at radius 1 is 1.08 bits per heavy atom. The van der Waals surface area contributed by atoms with Gasteiger partial charge in [0.1, 0.15) is 0 Å². The Labute approximate surface area is 147 Å². The van der Waals surface area contributed by atoms with Gasteiger partial charge in [-0.2, -0.15) is 0 Å². The van der Waals surface area contributed by atoms with Crippen LogP contribution in [0.3, 0.4) is 0 Å². The SMILES string of the molecule is Cc1ccccc1C(=O)N1CCCC(C(=O)c2ccc(Cl)cc2)C1. The number of aryl methyl sites for hydroxylation is 1. The van der Waals surface area contributed by atoms with Crippen LogP contribution in [-0.4, -0.2) is 29.7 Å².